The van der Waals surface area contributed by atoms with Crippen molar-refractivity contribution in [3.05, 3.63) is 111 Å². The van der Waals surface area contributed by atoms with Gasteiger partial charge in [0, 0.05) is 0 Å². The molecule has 1 N–H and O–H groups in total. The molecule has 0 saturated heterocycles. The van der Waals surface area contributed by atoms with Gasteiger partial charge in [-0.05, 0) is 0 Å². The second-order valence-electron chi connectivity index (χ2n) is 7.72. The monoisotopic (exact) mass is 623 g/mol. The van der Waals surface area contributed by atoms with Crippen LogP contribution < -0.4 is 0 Å². The first-order valence-corrected chi connectivity index (χ1v) is 14.3. The fraction of sp³-hybridized carbons (Fsp3) is 0.0455. The summed E-state index contributed by atoms with van der Waals surface area (Å²) in [4.78, 5) is 36.2. The molecule has 0 amide bonds. The Kier molecular flexibility index (Phi) is 7.46. The predicted octanol–water partition coefficient (Wildman–Crippen LogP) is 4.64. The Morgan fingerprint density at radius 1 is 0.842 bits per heavy atom. The van der Waals surface area contributed by atoms with E-state index in [-0.39, 0.29) is 37.1 Å². The van der Waals surface area contributed by atoms with Crippen LogP contribution in [0.4, 0.5) is 17.1 Å². The summed E-state index contributed by atoms with van der Waals surface area (Å²) in [6.07, 6.45) is 0. The van der Waals surface area contributed by atoms with Gasteiger partial charge in [-0.15, -0.1) is 0 Å². The van der Waals surface area contributed by atoms with Crippen LogP contribution in [0, 0.1) is 30.3 Å². The van der Waals surface area contributed by atoms with Gasteiger partial charge in [0.2, 0.25) is 10.4 Å². The van der Waals surface area contributed by atoms with E-state index in [9.17, 15) is 30.3 Å². The molecule has 1 atom stereocenters. The average Bonchev–Trinajstić information content (AvgIpc) is 3.45. The van der Waals surface area contributed by atoms with Crippen molar-refractivity contribution in [1.82, 2.24) is 0 Å². The number of nitrogens with zero attached hydrogens (tertiary/aromatic N) is 3. The maximum absolute atomic E-state index is 11.8. The molecular weight excluding hydrogens is 609 g/mol. The summed E-state index contributed by atoms with van der Waals surface area (Å²) >= 11 is 1.41. The molecule has 0 spiro atoms. The number of nitro benzene ring substituents is 3. The maximum atomic E-state index is 11.8. The first-order chi connectivity index (χ1) is 17.8. The van der Waals surface area contributed by atoms with Gasteiger partial charge >= 0.3 is 196 Å². The molecule has 0 aliphatic heterocycles. The zero-order chi connectivity index (χ0) is 27.8. The Labute approximate surface area is 223 Å². The Morgan fingerprint density at radius 2 is 1.45 bits per heavy atom. The van der Waals surface area contributed by atoms with E-state index in [2.05, 4.69) is 4.94 Å². The molecule has 1 unspecified atom stereocenters. The van der Waals surface area contributed by atoms with Gasteiger partial charge in [0.25, 0.3) is 0 Å². The summed E-state index contributed by atoms with van der Waals surface area (Å²) in [5, 5.41) is 34.8. The molecule has 13 nitrogen and oxygen atoms in total. The van der Waals surface area contributed by atoms with Crippen LogP contribution in [0.15, 0.2) is 65.6 Å². The summed E-state index contributed by atoms with van der Waals surface area (Å²) in [6, 6.07) is 16.3. The molecule has 1 aliphatic rings. The van der Waals surface area contributed by atoms with E-state index in [1.807, 2.05) is 30.3 Å². The number of hydrogen-bond acceptors (Lipinski definition) is 9. The number of non-ortho nitro benzene ring substituents is 2. The van der Waals surface area contributed by atoms with Crippen molar-refractivity contribution in [2.45, 2.75) is 5.92 Å². The minimum atomic E-state index is -4.92. The van der Waals surface area contributed by atoms with E-state index in [1.54, 1.807) is 0 Å². The van der Waals surface area contributed by atoms with Gasteiger partial charge in [-0.1, -0.05) is 0 Å². The minimum absolute atomic E-state index is 0.122. The van der Waals surface area contributed by atoms with Crippen molar-refractivity contribution in [2.24, 2.45) is 0 Å². The Hall–Kier alpha value is -3.92. The molecule has 1 aliphatic carbocycles. The van der Waals surface area contributed by atoms with E-state index in [1.165, 1.54) is 35.6 Å². The third-order valence-electron chi connectivity index (χ3n) is 5.46. The third kappa shape index (κ3) is 5.65. The standard InChI is InChI=1S/C22H12N3O6SSe.H2O4S/c26-23(27)13-6-7-15-16(8-13)21(22-32-19(11-33-22)12-4-2-1-3-5-12)17-9-14(24(28)29)10-18(20(15)17)25(30)31;1-5(2,3)4/h1-11,21H;(H2,1,2,3,4)/q+1;/p-1. The van der Waals surface area contributed by atoms with Crippen molar-refractivity contribution in [1.29, 1.82) is 0 Å². The summed E-state index contributed by atoms with van der Waals surface area (Å²) in [6.45, 7) is 0. The zero-order valence-corrected chi connectivity index (χ0v) is 22.0. The SMILES string of the molecule is O=S(=O)([O-])O.O=[N+]([O-])c1ccc2c(c1)C(c1[s+]c(-c3ccccc3)c[se]1)c1cc([N+](=O)[O-])cc([N+](=O)[O-])c1-2. The second kappa shape index (κ2) is 10.4. The van der Waals surface area contributed by atoms with Crippen LogP contribution in [0.25, 0.3) is 21.6 Å². The molecule has 16 heteroatoms. The molecule has 0 saturated carbocycles. The molecular formula is C22H13N3O10S2Se. The molecule has 4 aromatic rings. The van der Waals surface area contributed by atoms with Gasteiger partial charge in [0.15, 0.2) is 0 Å². The van der Waals surface area contributed by atoms with Gasteiger partial charge in [-0.25, -0.2) is 8.42 Å². The van der Waals surface area contributed by atoms with E-state index >= 15 is 0 Å². The third-order valence-corrected chi connectivity index (χ3v) is 9.56. The first kappa shape index (κ1) is 27.1. The van der Waals surface area contributed by atoms with Crippen LogP contribution in [-0.4, -0.2) is 46.8 Å². The average molecular weight is 622 g/mol. The number of benzene rings is 3. The fourth-order valence-corrected chi connectivity index (χ4v) is 8.26. The molecule has 1 heterocycles. The zero-order valence-electron chi connectivity index (χ0n) is 18.6. The predicted molar refractivity (Wildman–Crippen MR) is 136 cm³/mol. The van der Waals surface area contributed by atoms with Crippen LogP contribution in [0.5, 0.6) is 0 Å². The molecule has 0 bridgehead atoms. The molecule has 194 valence electrons. The summed E-state index contributed by atoms with van der Waals surface area (Å²) in [5.41, 5.74) is 1.95. The summed E-state index contributed by atoms with van der Waals surface area (Å²) in [5.74, 6) is -0.518. The summed E-state index contributed by atoms with van der Waals surface area (Å²) < 4.78 is 33.8. The number of nitro groups is 3. The molecule has 0 radical (unpaired) electrons. The number of rotatable bonds is 5. The topological polar surface area (TPSA) is 207 Å². The van der Waals surface area contributed by atoms with Gasteiger partial charge in [0.1, 0.15) is 0 Å². The van der Waals surface area contributed by atoms with Gasteiger partial charge in [-0.3, -0.25) is 4.55 Å². The van der Waals surface area contributed by atoms with E-state index in [4.69, 9.17) is 17.5 Å². The van der Waals surface area contributed by atoms with Crippen molar-refractivity contribution in [3.8, 4) is 21.6 Å². The van der Waals surface area contributed by atoms with Crippen LogP contribution in [0.3, 0.4) is 0 Å². The first-order valence-electron chi connectivity index (χ1n) is 10.3. The van der Waals surface area contributed by atoms with Gasteiger partial charge < -0.3 is 4.55 Å². The Bertz CT molecular complexity index is 1700. The number of hydrogen-bond donors (Lipinski definition) is 1. The molecule has 1 aromatic heterocycles. The van der Waals surface area contributed by atoms with Crippen LogP contribution in [0.2, 0.25) is 0 Å². The summed E-state index contributed by atoms with van der Waals surface area (Å²) in [7, 11) is -4.92. The Balaban J connectivity index is 0.000000617. The van der Waals surface area contributed by atoms with Crippen molar-refractivity contribution >= 4 is 53.3 Å². The molecule has 5 rings (SSSR count). The van der Waals surface area contributed by atoms with E-state index in [0.29, 0.717) is 16.7 Å². The molecule has 38 heavy (non-hydrogen) atoms. The van der Waals surface area contributed by atoms with Gasteiger partial charge in [-0.2, -0.15) is 0 Å². The van der Waals surface area contributed by atoms with Crippen LogP contribution in [-0.2, 0) is 10.4 Å². The quantitative estimate of drug-likeness (QED) is 0.0717. The van der Waals surface area contributed by atoms with E-state index < -0.39 is 31.1 Å². The fourth-order valence-electron chi connectivity index (χ4n) is 4.08. The van der Waals surface area contributed by atoms with Gasteiger partial charge in [0.05, 0.1) is 0 Å². The van der Waals surface area contributed by atoms with Crippen molar-refractivity contribution in [2.75, 3.05) is 0 Å². The van der Waals surface area contributed by atoms with Crippen LogP contribution in [0.1, 0.15) is 20.8 Å². The van der Waals surface area contributed by atoms with E-state index in [0.717, 1.165) is 20.3 Å². The van der Waals surface area contributed by atoms with Crippen molar-refractivity contribution < 1.29 is 32.3 Å². The van der Waals surface area contributed by atoms with Crippen molar-refractivity contribution in [3.63, 3.8) is 0 Å². The molecule has 0 fully saturated rings. The second-order valence-corrected chi connectivity index (χ2v) is 12.2. The normalized spacial score (nSPS) is 13.6. The Morgan fingerprint density at radius 3 is 2.03 bits per heavy atom. The number of fused-ring (bicyclic) bond motifs is 3. The molecule has 3 aromatic carbocycles. The van der Waals surface area contributed by atoms with Crippen LogP contribution >= 0.6 is 11.3 Å².